The molecule has 7 heteroatoms. The Labute approximate surface area is 116 Å². The fourth-order valence-electron chi connectivity index (χ4n) is 2.23. The first-order chi connectivity index (χ1) is 9.10. The quantitative estimate of drug-likeness (QED) is 0.577. The van der Waals surface area contributed by atoms with Crippen LogP contribution in [0.1, 0.15) is 19.3 Å². The first-order valence-electron chi connectivity index (χ1n) is 6.79. The Balaban J connectivity index is 2.53. The van der Waals surface area contributed by atoms with Crippen LogP contribution in [0.5, 0.6) is 0 Å². The fourth-order valence-corrected chi connectivity index (χ4v) is 3.99. The molecule has 0 saturated carbocycles. The van der Waals surface area contributed by atoms with Crippen molar-refractivity contribution in [3.63, 3.8) is 0 Å². The van der Waals surface area contributed by atoms with E-state index in [9.17, 15) is 8.42 Å². The van der Waals surface area contributed by atoms with E-state index in [1.54, 1.807) is 14.2 Å². The second-order valence-electron chi connectivity index (χ2n) is 4.81. The minimum Gasteiger partial charge on any atom is -0.385 e. The highest BCUT2D eigenvalue weighted by molar-refractivity contribution is 7.89. The van der Waals surface area contributed by atoms with Crippen molar-refractivity contribution in [3.05, 3.63) is 0 Å². The van der Waals surface area contributed by atoms with Crippen LogP contribution >= 0.6 is 0 Å². The molecule has 1 unspecified atom stereocenters. The summed E-state index contributed by atoms with van der Waals surface area (Å²) in [6.07, 6.45) is 2.70. The topological polar surface area (TPSA) is 67.9 Å². The van der Waals surface area contributed by atoms with Crippen molar-refractivity contribution in [2.24, 2.45) is 0 Å². The average Bonchev–Trinajstić information content (AvgIpc) is 2.85. The number of ether oxygens (including phenoxy) is 2. The van der Waals surface area contributed by atoms with E-state index in [1.807, 2.05) is 0 Å². The predicted octanol–water partition coefficient (Wildman–Crippen LogP) is 0.0531. The Morgan fingerprint density at radius 2 is 1.95 bits per heavy atom. The van der Waals surface area contributed by atoms with Crippen LogP contribution in [0.4, 0.5) is 0 Å². The third kappa shape index (κ3) is 6.18. The molecule has 0 amide bonds. The molecule has 0 spiro atoms. The van der Waals surface area contributed by atoms with Gasteiger partial charge in [0.15, 0.2) is 0 Å². The molecule has 1 atom stereocenters. The Morgan fingerprint density at radius 1 is 1.21 bits per heavy atom. The largest absolute Gasteiger partial charge is 0.385 e. The molecule has 0 aromatic rings. The lowest BCUT2D eigenvalue weighted by Crippen LogP contribution is -2.41. The van der Waals surface area contributed by atoms with Crippen molar-refractivity contribution in [1.29, 1.82) is 0 Å². The maximum atomic E-state index is 12.4. The normalized spacial score (nSPS) is 20.3. The second kappa shape index (κ2) is 8.86. The van der Waals surface area contributed by atoms with Crippen LogP contribution in [0.15, 0.2) is 0 Å². The third-order valence-electron chi connectivity index (χ3n) is 3.27. The summed E-state index contributed by atoms with van der Waals surface area (Å²) in [6, 6.07) is 0.0949. The van der Waals surface area contributed by atoms with Crippen LogP contribution in [0.25, 0.3) is 0 Å². The summed E-state index contributed by atoms with van der Waals surface area (Å²) >= 11 is 0. The highest BCUT2D eigenvalue weighted by Gasteiger charge is 2.27. The summed E-state index contributed by atoms with van der Waals surface area (Å²) in [7, 11) is -0.0199. The van der Waals surface area contributed by atoms with Gasteiger partial charge in [-0.3, -0.25) is 0 Å². The lowest BCUT2D eigenvalue weighted by Gasteiger charge is -2.23. The predicted molar refractivity (Wildman–Crippen MR) is 74.8 cm³/mol. The van der Waals surface area contributed by atoms with Gasteiger partial charge in [0.25, 0.3) is 0 Å². The standard InChI is InChI=1S/C12H26N2O4S/c1-17-9-4-7-14(8-10-18-2)19(15,16)11-12-5-3-6-13-12/h12-13H,3-11H2,1-2H3. The molecule has 1 saturated heterocycles. The number of hydrogen-bond acceptors (Lipinski definition) is 5. The van der Waals surface area contributed by atoms with Gasteiger partial charge in [0.2, 0.25) is 10.0 Å². The first-order valence-corrected chi connectivity index (χ1v) is 8.40. The van der Waals surface area contributed by atoms with E-state index >= 15 is 0 Å². The Hall–Kier alpha value is -0.210. The molecule has 1 heterocycles. The van der Waals surface area contributed by atoms with Gasteiger partial charge < -0.3 is 14.8 Å². The Morgan fingerprint density at radius 3 is 2.53 bits per heavy atom. The van der Waals surface area contributed by atoms with Gasteiger partial charge in [-0.1, -0.05) is 0 Å². The lowest BCUT2D eigenvalue weighted by molar-refractivity contribution is 0.164. The van der Waals surface area contributed by atoms with E-state index in [4.69, 9.17) is 9.47 Å². The van der Waals surface area contributed by atoms with Crippen LogP contribution in [0.3, 0.4) is 0 Å². The first kappa shape index (κ1) is 16.8. The van der Waals surface area contributed by atoms with Gasteiger partial charge in [-0.15, -0.1) is 0 Å². The van der Waals surface area contributed by atoms with Crippen LogP contribution in [0, 0.1) is 0 Å². The van der Waals surface area contributed by atoms with Crippen LogP contribution in [-0.4, -0.2) is 71.6 Å². The van der Waals surface area contributed by atoms with Crippen molar-refractivity contribution in [2.45, 2.75) is 25.3 Å². The summed E-state index contributed by atoms with van der Waals surface area (Å²) < 4.78 is 36.2. The van der Waals surface area contributed by atoms with Gasteiger partial charge >= 0.3 is 0 Å². The molecule has 0 bridgehead atoms. The van der Waals surface area contributed by atoms with Gasteiger partial charge in [-0.25, -0.2) is 8.42 Å². The number of sulfonamides is 1. The van der Waals surface area contributed by atoms with Crippen LogP contribution in [0.2, 0.25) is 0 Å². The highest BCUT2D eigenvalue weighted by Crippen LogP contribution is 2.11. The second-order valence-corrected chi connectivity index (χ2v) is 6.82. The van der Waals surface area contributed by atoms with Crippen molar-refractivity contribution >= 4 is 10.0 Å². The van der Waals surface area contributed by atoms with Gasteiger partial charge in [-0.05, 0) is 25.8 Å². The molecule has 1 aliphatic rings. The maximum absolute atomic E-state index is 12.4. The minimum absolute atomic E-state index is 0.0949. The molecule has 1 fully saturated rings. The smallest absolute Gasteiger partial charge is 0.215 e. The van der Waals surface area contributed by atoms with Gasteiger partial charge in [0.1, 0.15) is 0 Å². The molecule has 6 nitrogen and oxygen atoms in total. The van der Waals surface area contributed by atoms with Crippen molar-refractivity contribution in [2.75, 3.05) is 52.8 Å². The number of hydrogen-bond donors (Lipinski definition) is 1. The van der Waals surface area contributed by atoms with Crippen LogP contribution < -0.4 is 5.32 Å². The van der Waals surface area contributed by atoms with Crippen molar-refractivity contribution < 1.29 is 17.9 Å². The van der Waals surface area contributed by atoms with Crippen molar-refractivity contribution in [1.82, 2.24) is 9.62 Å². The summed E-state index contributed by atoms with van der Waals surface area (Å²) in [5.74, 6) is 0.184. The summed E-state index contributed by atoms with van der Waals surface area (Å²) in [4.78, 5) is 0. The molecule has 1 aliphatic heterocycles. The number of rotatable bonds is 10. The zero-order valence-corrected chi connectivity index (χ0v) is 12.7. The zero-order valence-electron chi connectivity index (χ0n) is 11.9. The Kier molecular flexibility index (Phi) is 7.86. The third-order valence-corrected chi connectivity index (χ3v) is 5.24. The van der Waals surface area contributed by atoms with E-state index in [1.165, 1.54) is 4.31 Å². The molecule has 1 rings (SSSR count). The molecule has 114 valence electrons. The lowest BCUT2D eigenvalue weighted by atomic mass is 10.3. The summed E-state index contributed by atoms with van der Waals surface area (Å²) in [5, 5.41) is 3.23. The van der Waals surface area contributed by atoms with Gasteiger partial charge in [0, 0.05) is 40.0 Å². The van der Waals surface area contributed by atoms with E-state index in [-0.39, 0.29) is 11.8 Å². The molecular formula is C12H26N2O4S. The van der Waals surface area contributed by atoms with Gasteiger partial charge in [-0.2, -0.15) is 4.31 Å². The fraction of sp³-hybridized carbons (Fsp3) is 1.00. The van der Waals surface area contributed by atoms with Crippen molar-refractivity contribution in [3.8, 4) is 0 Å². The molecular weight excluding hydrogens is 268 g/mol. The van der Waals surface area contributed by atoms with E-state index in [0.29, 0.717) is 32.7 Å². The molecule has 0 aromatic carbocycles. The molecule has 19 heavy (non-hydrogen) atoms. The summed E-state index contributed by atoms with van der Waals surface area (Å²) in [6.45, 7) is 2.81. The SMILES string of the molecule is COCCCN(CCOC)S(=O)(=O)CC1CCCN1. The van der Waals surface area contributed by atoms with Gasteiger partial charge in [0.05, 0.1) is 12.4 Å². The average molecular weight is 294 g/mol. The number of nitrogens with zero attached hydrogens (tertiary/aromatic N) is 1. The number of methoxy groups -OCH3 is 2. The zero-order chi connectivity index (χ0) is 14.1. The van der Waals surface area contributed by atoms with E-state index in [0.717, 1.165) is 19.4 Å². The van der Waals surface area contributed by atoms with E-state index < -0.39 is 10.0 Å². The van der Waals surface area contributed by atoms with Crippen LogP contribution in [-0.2, 0) is 19.5 Å². The molecule has 0 radical (unpaired) electrons. The monoisotopic (exact) mass is 294 g/mol. The maximum Gasteiger partial charge on any atom is 0.215 e. The molecule has 1 N–H and O–H groups in total. The molecule has 0 aliphatic carbocycles. The van der Waals surface area contributed by atoms with E-state index in [2.05, 4.69) is 5.32 Å². The molecule has 0 aromatic heterocycles. The Bertz CT molecular complexity index is 329. The summed E-state index contributed by atoms with van der Waals surface area (Å²) in [5.41, 5.74) is 0. The minimum atomic E-state index is -3.22. The highest BCUT2D eigenvalue weighted by atomic mass is 32.2. The number of nitrogens with one attached hydrogen (secondary N) is 1.